The topological polar surface area (TPSA) is 63.4 Å². The average molecular weight is 370 g/mol. The monoisotopic (exact) mass is 370 g/mol. The van der Waals surface area contributed by atoms with Crippen LogP contribution in [0.25, 0.3) is 10.9 Å². The Kier molecular flexibility index (Phi) is 4.39. The summed E-state index contributed by atoms with van der Waals surface area (Å²) in [5, 5.41) is 4.40. The summed E-state index contributed by atoms with van der Waals surface area (Å²) < 4.78 is 25.3. The highest BCUT2D eigenvalue weighted by Gasteiger charge is 2.47. The van der Waals surface area contributed by atoms with Gasteiger partial charge in [0.2, 0.25) is 0 Å². The van der Waals surface area contributed by atoms with Gasteiger partial charge >= 0.3 is 7.60 Å². The van der Waals surface area contributed by atoms with E-state index in [1.165, 1.54) is 5.56 Å². The number of anilines is 1. The Morgan fingerprint density at radius 3 is 2.38 bits per heavy atom. The van der Waals surface area contributed by atoms with Gasteiger partial charge in [-0.2, -0.15) is 0 Å². The lowest BCUT2D eigenvalue weighted by Crippen LogP contribution is -2.13. The number of aromatic amines is 1. The number of para-hydroxylation sites is 1. The number of H-pyrrole nitrogens is 1. The van der Waals surface area contributed by atoms with Crippen molar-refractivity contribution in [2.45, 2.75) is 38.8 Å². The highest BCUT2D eigenvalue weighted by atomic mass is 31.2. The van der Waals surface area contributed by atoms with Crippen LogP contribution in [0.4, 0.5) is 5.69 Å². The van der Waals surface area contributed by atoms with Gasteiger partial charge in [0.05, 0.1) is 12.2 Å². The van der Waals surface area contributed by atoms with Crippen molar-refractivity contribution in [2.24, 2.45) is 0 Å². The Morgan fingerprint density at radius 1 is 1.04 bits per heavy atom. The zero-order chi connectivity index (χ0) is 18.3. The van der Waals surface area contributed by atoms with Gasteiger partial charge in [-0.25, -0.2) is 0 Å². The number of aromatic nitrogens is 1. The quantitative estimate of drug-likeness (QED) is 0.587. The fraction of sp³-hybridized carbons (Fsp3) is 0.300. The van der Waals surface area contributed by atoms with Crippen molar-refractivity contribution < 1.29 is 13.6 Å². The number of nitrogens with one attached hydrogen (secondary N) is 2. The molecule has 4 rings (SSSR count). The summed E-state index contributed by atoms with van der Waals surface area (Å²) in [6, 6.07) is 16.0. The lowest BCUT2D eigenvalue weighted by molar-refractivity contribution is 0.187. The smallest absolute Gasteiger partial charge is 0.358 e. The van der Waals surface area contributed by atoms with Crippen LogP contribution in [0.15, 0.2) is 54.7 Å². The number of benzene rings is 2. The van der Waals surface area contributed by atoms with Crippen LogP contribution in [0.5, 0.6) is 0 Å². The molecule has 1 fully saturated rings. The molecule has 1 aromatic heterocycles. The third kappa shape index (κ3) is 3.07. The zero-order valence-electron chi connectivity index (χ0n) is 15.1. The minimum atomic E-state index is -3.39. The molecule has 1 aliphatic heterocycles. The van der Waals surface area contributed by atoms with Crippen molar-refractivity contribution >= 4 is 24.2 Å². The lowest BCUT2D eigenvalue weighted by Gasteiger charge is -2.24. The summed E-state index contributed by atoms with van der Waals surface area (Å²) in [6.45, 7) is 5.82. The number of aryl methyl sites for hydroxylation is 1. The molecule has 1 saturated heterocycles. The summed E-state index contributed by atoms with van der Waals surface area (Å²) >= 11 is 0. The van der Waals surface area contributed by atoms with Gasteiger partial charge in [0.15, 0.2) is 5.78 Å². The maximum Gasteiger partial charge on any atom is 0.358 e. The Morgan fingerprint density at radius 2 is 1.69 bits per heavy atom. The molecule has 3 aromatic rings. The Bertz CT molecular complexity index is 953. The molecule has 2 heterocycles. The van der Waals surface area contributed by atoms with E-state index in [9.17, 15) is 4.57 Å². The minimum Gasteiger partial charge on any atom is -0.368 e. The predicted octanol–water partition coefficient (Wildman–Crippen LogP) is 5.60. The first-order valence-electron chi connectivity index (χ1n) is 8.82. The van der Waals surface area contributed by atoms with Crippen molar-refractivity contribution in [1.29, 1.82) is 0 Å². The van der Waals surface area contributed by atoms with E-state index in [4.69, 9.17) is 9.05 Å². The van der Waals surface area contributed by atoms with Crippen LogP contribution in [0.3, 0.4) is 0 Å². The van der Waals surface area contributed by atoms with Gasteiger partial charge in [-0.05, 0) is 39.0 Å². The Labute approximate surface area is 153 Å². The highest BCUT2D eigenvalue weighted by Crippen LogP contribution is 2.66. The molecular formula is C20H23N2O3P. The van der Waals surface area contributed by atoms with E-state index in [1.807, 2.05) is 75.5 Å². The number of hydrogen-bond donors (Lipinski definition) is 2. The van der Waals surface area contributed by atoms with Crippen LogP contribution >= 0.6 is 7.60 Å². The number of fused-ring (bicyclic) bond motifs is 1. The van der Waals surface area contributed by atoms with Crippen LogP contribution in [0.2, 0.25) is 0 Å². The van der Waals surface area contributed by atoms with Crippen molar-refractivity contribution in [3.63, 3.8) is 0 Å². The summed E-state index contributed by atoms with van der Waals surface area (Å²) in [4.78, 5) is 3.25. The molecule has 0 saturated carbocycles. The number of hydrogen-bond acceptors (Lipinski definition) is 4. The van der Waals surface area contributed by atoms with E-state index in [2.05, 4.69) is 10.3 Å². The van der Waals surface area contributed by atoms with Crippen LogP contribution in [0, 0.1) is 6.92 Å². The maximum absolute atomic E-state index is 13.6. The van der Waals surface area contributed by atoms with Gasteiger partial charge < -0.3 is 19.3 Å². The first kappa shape index (κ1) is 17.3. The van der Waals surface area contributed by atoms with Crippen molar-refractivity contribution in [2.75, 3.05) is 5.32 Å². The SMILES string of the molecule is Cc1ccc(NC(c2c[nH]c3ccccc23)P2(=O)OC(C)C(C)O2)cc1. The molecule has 136 valence electrons. The molecule has 0 aliphatic carbocycles. The molecular weight excluding hydrogens is 347 g/mol. The van der Waals surface area contributed by atoms with Crippen LogP contribution < -0.4 is 5.32 Å². The molecule has 3 atom stereocenters. The second kappa shape index (κ2) is 6.58. The van der Waals surface area contributed by atoms with E-state index < -0.39 is 13.4 Å². The van der Waals surface area contributed by atoms with Gasteiger partial charge in [-0.3, -0.25) is 4.57 Å². The normalized spacial score (nSPS) is 26.9. The van der Waals surface area contributed by atoms with Gasteiger partial charge in [0, 0.05) is 28.4 Å². The Balaban J connectivity index is 1.79. The van der Waals surface area contributed by atoms with E-state index >= 15 is 0 Å². The lowest BCUT2D eigenvalue weighted by atomic mass is 10.1. The standard InChI is InChI=1S/C20H23N2O3P/c1-13-8-10-16(11-9-13)22-20(26(23)24-14(2)15(3)25-26)18-12-21-19-7-5-4-6-17(18)19/h4-12,14-15,20-22H,1-3H3. The molecule has 0 bridgehead atoms. The number of rotatable bonds is 4. The molecule has 6 heteroatoms. The largest absolute Gasteiger partial charge is 0.368 e. The summed E-state index contributed by atoms with van der Waals surface area (Å²) in [5.41, 5.74) is 3.91. The molecule has 0 amide bonds. The van der Waals surface area contributed by atoms with E-state index in [0.717, 1.165) is 22.2 Å². The van der Waals surface area contributed by atoms with E-state index in [1.54, 1.807) is 0 Å². The average Bonchev–Trinajstić information content (AvgIpc) is 3.15. The van der Waals surface area contributed by atoms with Crippen LogP contribution in [0.1, 0.15) is 30.8 Å². The van der Waals surface area contributed by atoms with Crippen molar-refractivity contribution in [3.8, 4) is 0 Å². The van der Waals surface area contributed by atoms with Gasteiger partial charge in [0.25, 0.3) is 0 Å². The fourth-order valence-corrected chi connectivity index (χ4v) is 5.66. The molecule has 1 aliphatic rings. The second-order valence-electron chi connectivity index (χ2n) is 6.86. The van der Waals surface area contributed by atoms with Crippen LogP contribution in [-0.4, -0.2) is 17.2 Å². The van der Waals surface area contributed by atoms with Crippen molar-refractivity contribution in [1.82, 2.24) is 4.98 Å². The second-order valence-corrected chi connectivity index (χ2v) is 8.88. The summed E-state index contributed by atoms with van der Waals surface area (Å²) in [7, 11) is -3.39. The maximum atomic E-state index is 13.6. The van der Waals surface area contributed by atoms with E-state index in [-0.39, 0.29) is 12.2 Å². The molecule has 0 radical (unpaired) electrons. The molecule has 26 heavy (non-hydrogen) atoms. The van der Waals surface area contributed by atoms with Gasteiger partial charge in [-0.15, -0.1) is 0 Å². The first-order valence-corrected chi connectivity index (χ1v) is 10.4. The third-order valence-electron chi connectivity index (χ3n) is 4.87. The fourth-order valence-electron chi connectivity index (χ4n) is 3.24. The minimum absolute atomic E-state index is 0.214. The van der Waals surface area contributed by atoms with Crippen molar-refractivity contribution in [3.05, 3.63) is 65.9 Å². The van der Waals surface area contributed by atoms with Gasteiger partial charge in [0.1, 0.15) is 0 Å². The van der Waals surface area contributed by atoms with E-state index in [0.29, 0.717) is 0 Å². The summed E-state index contributed by atoms with van der Waals surface area (Å²) in [5.74, 6) is -0.589. The molecule has 5 nitrogen and oxygen atoms in total. The predicted molar refractivity (Wildman–Crippen MR) is 105 cm³/mol. The molecule has 2 aromatic carbocycles. The first-order chi connectivity index (χ1) is 12.5. The Hall–Kier alpha value is -2.07. The summed E-state index contributed by atoms with van der Waals surface area (Å²) in [6.07, 6.45) is 1.46. The van der Waals surface area contributed by atoms with Crippen LogP contribution in [-0.2, 0) is 13.6 Å². The zero-order valence-corrected chi connectivity index (χ0v) is 16.0. The third-order valence-corrected chi connectivity index (χ3v) is 7.17. The van der Waals surface area contributed by atoms with Gasteiger partial charge in [-0.1, -0.05) is 35.9 Å². The molecule has 2 N–H and O–H groups in total. The molecule has 3 unspecified atom stereocenters. The molecule has 0 spiro atoms. The highest BCUT2D eigenvalue weighted by molar-refractivity contribution is 7.54.